The minimum Gasteiger partial charge on any atom is -0.361 e. The molecule has 0 bridgehead atoms. The zero-order valence-electron chi connectivity index (χ0n) is 11.4. The lowest BCUT2D eigenvalue weighted by atomic mass is 10.1. The summed E-state index contributed by atoms with van der Waals surface area (Å²) in [6.07, 6.45) is 0. The van der Waals surface area contributed by atoms with Crippen molar-refractivity contribution in [2.75, 3.05) is 0 Å². The van der Waals surface area contributed by atoms with Gasteiger partial charge in [-0.2, -0.15) is 0 Å². The SMILES string of the molecule is Cc1noc(C)c1CNC(=O)C(N)c1ccccc1.Cl. The molecule has 1 heterocycles. The molecule has 6 heteroatoms. The Labute approximate surface area is 123 Å². The van der Waals surface area contributed by atoms with Gasteiger partial charge in [0.15, 0.2) is 0 Å². The van der Waals surface area contributed by atoms with Gasteiger partial charge < -0.3 is 15.6 Å². The lowest BCUT2D eigenvalue weighted by Gasteiger charge is -2.12. The Balaban J connectivity index is 0.00000200. The molecule has 3 N–H and O–H groups in total. The van der Waals surface area contributed by atoms with Crippen molar-refractivity contribution < 1.29 is 9.32 Å². The summed E-state index contributed by atoms with van der Waals surface area (Å²) >= 11 is 0. The molecule has 1 aromatic carbocycles. The van der Waals surface area contributed by atoms with Crippen LogP contribution < -0.4 is 11.1 Å². The fourth-order valence-corrected chi connectivity index (χ4v) is 1.85. The molecule has 2 aromatic rings. The second kappa shape index (κ2) is 7.07. The molecule has 0 aliphatic carbocycles. The number of rotatable bonds is 4. The van der Waals surface area contributed by atoms with E-state index < -0.39 is 6.04 Å². The summed E-state index contributed by atoms with van der Waals surface area (Å²) in [5, 5.41) is 6.64. The van der Waals surface area contributed by atoms with E-state index in [2.05, 4.69) is 10.5 Å². The molecule has 1 amide bonds. The van der Waals surface area contributed by atoms with Gasteiger partial charge in [0.2, 0.25) is 5.91 Å². The van der Waals surface area contributed by atoms with Crippen molar-refractivity contribution in [3.8, 4) is 0 Å². The summed E-state index contributed by atoms with van der Waals surface area (Å²) in [6, 6.07) is 8.60. The van der Waals surface area contributed by atoms with E-state index in [0.29, 0.717) is 12.3 Å². The van der Waals surface area contributed by atoms with E-state index in [1.54, 1.807) is 0 Å². The van der Waals surface area contributed by atoms with E-state index in [1.807, 2.05) is 44.2 Å². The van der Waals surface area contributed by atoms with Gasteiger partial charge in [-0.25, -0.2) is 0 Å². The number of aryl methyl sites for hydroxylation is 2. The molecule has 1 unspecified atom stereocenters. The summed E-state index contributed by atoms with van der Waals surface area (Å²) in [5.41, 5.74) is 8.37. The number of halogens is 1. The highest BCUT2D eigenvalue weighted by Gasteiger charge is 2.16. The number of aromatic nitrogens is 1. The van der Waals surface area contributed by atoms with Crippen molar-refractivity contribution in [1.82, 2.24) is 10.5 Å². The minimum atomic E-state index is -0.665. The Hall–Kier alpha value is -1.85. The van der Waals surface area contributed by atoms with E-state index in [0.717, 1.165) is 16.8 Å². The average molecular weight is 296 g/mol. The first-order chi connectivity index (χ1) is 9.09. The third kappa shape index (κ3) is 3.59. The summed E-state index contributed by atoms with van der Waals surface area (Å²) in [4.78, 5) is 12.0. The number of nitrogens with two attached hydrogens (primary N) is 1. The van der Waals surface area contributed by atoms with Gasteiger partial charge in [-0.05, 0) is 19.4 Å². The molecule has 5 nitrogen and oxygen atoms in total. The van der Waals surface area contributed by atoms with Crippen LogP contribution in [-0.2, 0) is 11.3 Å². The van der Waals surface area contributed by atoms with Crippen LogP contribution in [0.1, 0.15) is 28.6 Å². The molecule has 0 fully saturated rings. The fraction of sp³-hybridized carbons (Fsp3) is 0.286. The second-order valence-electron chi connectivity index (χ2n) is 4.41. The smallest absolute Gasteiger partial charge is 0.241 e. The van der Waals surface area contributed by atoms with Gasteiger partial charge in [0.1, 0.15) is 11.8 Å². The lowest BCUT2D eigenvalue weighted by molar-refractivity contribution is -0.122. The first-order valence-electron chi connectivity index (χ1n) is 6.09. The van der Waals surface area contributed by atoms with E-state index in [-0.39, 0.29) is 18.3 Å². The number of nitrogens with one attached hydrogen (secondary N) is 1. The predicted molar refractivity (Wildman–Crippen MR) is 78.4 cm³/mol. The number of benzene rings is 1. The van der Waals surface area contributed by atoms with Gasteiger partial charge in [0.05, 0.1) is 5.69 Å². The Kier molecular flexibility index (Phi) is 5.73. The van der Waals surface area contributed by atoms with E-state index >= 15 is 0 Å². The average Bonchev–Trinajstić information content (AvgIpc) is 2.75. The first-order valence-corrected chi connectivity index (χ1v) is 6.09. The van der Waals surface area contributed by atoms with Crippen molar-refractivity contribution >= 4 is 18.3 Å². The Morgan fingerprint density at radius 2 is 2.00 bits per heavy atom. The molecule has 0 saturated heterocycles. The van der Waals surface area contributed by atoms with E-state index in [1.165, 1.54) is 0 Å². The summed E-state index contributed by atoms with van der Waals surface area (Å²) in [5.74, 6) is 0.497. The van der Waals surface area contributed by atoms with Crippen LogP contribution in [0.2, 0.25) is 0 Å². The van der Waals surface area contributed by atoms with Gasteiger partial charge in [-0.1, -0.05) is 35.5 Å². The van der Waals surface area contributed by atoms with Crippen molar-refractivity contribution in [2.24, 2.45) is 5.73 Å². The van der Waals surface area contributed by atoms with Crippen LogP contribution in [-0.4, -0.2) is 11.1 Å². The number of carbonyl (C=O) groups is 1. The zero-order valence-corrected chi connectivity index (χ0v) is 12.2. The zero-order chi connectivity index (χ0) is 13.8. The molecule has 0 aliphatic heterocycles. The number of hydrogen-bond donors (Lipinski definition) is 2. The highest BCUT2D eigenvalue weighted by atomic mass is 35.5. The number of amides is 1. The summed E-state index contributed by atoms with van der Waals surface area (Å²) in [7, 11) is 0. The van der Waals surface area contributed by atoms with Crippen molar-refractivity contribution in [3.05, 3.63) is 52.9 Å². The molecule has 0 radical (unpaired) electrons. The molecule has 2 rings (SSSR count). The third-order valence-electron chi connectivity index (χ3n) is 3.06. The van der Waals surface area contributed by atoms with Gasteiger partial charge in [0, 0.05) is 12.1 Å². The standard InChI is InChI=1S/C14H17N3O2.ClH/c1-9-12(10(2)19-17-9)8-16-14(18)13(15)11-6-4-3-5-7-11;/h3-7,13H,8,15H2,1-2H3,(H,16,18);1H. The summed E-state index contributed by atoms with van der Waals surface area (Å²) < 4.78 is 5.04. The number of nitrogens with zero attached hydrogens (tertiary/aromatic N) is 1. The second-order valence-corrected chi connectivity index (χ2v) is 4.41. The molecule has 1 aromatic heterocycles. The maximum atomic E-state index is 12.0. The van der Waals surface area contributed by atoms with Crippen LogP contribution >= 0.6 is 12.4 Å². The van der Waals surface area contributed by atoms with Crippen LogP contribution in [0.25, 0.3) is 0 Å². The highest BCUT2D eigenvalue weighted by molar-refractivity contribution is 5.85. The maximum absolute atomic E-state index is 12.0. The fourth-order valence-electron chi connectivity index (χ4n) is 1.85. The Morgan fingerprint density at radius 3 is 2.55 bits per heavy atom. The van der Waals surface area contributed by atoms with Crippen molar-refractivity contribution in [3.63, 3.8) is 0 Å². The van der Waals surface area contributed by atoms with Gasteiger partial charge in [-0.15, -0.1) is 12.4 Å². The van der Waals surface area contributed by atoms with Crippen LogP contribution in [0.4, 0.5) is 0 Å². The Morgan fingerprint density at radius 1 is 1.35 bits per heavy atom. The van der Waals surface area contributed by atoms with Crippen LogP contribution in [0.3, 0.4) is 0 Å². The topological polar surface area (TPSA) is 81.2 Å². The molecule has 1 atom stereocenters. The quantitative estimate of drug-likeness (QED) is 0.904. The van der Waals surface area contributed by atoms with Crippen molar-refractivity contribution in [1.29, 1.82) is 0 Å². The van der Waals surface area contributed by atoms with Gasteiger partial charge >= 0.3 is 0 Å². The monoisotopic (exact) mass is 295 g/mol. The van der Waals surface area contributed by atoms with Crippen LogP contribution in [0, 0.1) is 13.8 Å². The molecule has 0 spiro atoms. The van der Waals surface area contributed by atoms with Gasteiger partial charge in [-0.3, -0.25) is 4.79 Å². The molecular formula is C14H18ClN3O2. The largest absolute Gasteiger partial charge is 0.361 e. The number of hydrogen-bond acceptors (Lipinski definition) is 4. The Bertz CT molecular complexity index is 550. The van der Waals surface area contributed by atoms with E-state index in [9.17, 15) is 4.79 Å². The van der Waals surface area contributed by atoms with Crippen LogP contribution in [0.15, 0.2) is 34.9 Å². The van der Waals surface area contributed by atoms with E-state index in [4.69, 9.17) is 10.3 Å². The molecule has 20 heavy (non-hydrogen) atoms. The lowest BCUT2D eigenvalue weighted by Crippen LogP contribution is -2.33. The minimum absolute atomic E-state index is 0. The van der Waals surface area contributed by atoms with Crippen LogP contribution in [0.5, 0.6) is 0 Å². The molecular weight excluding hydrogens is 278 g/mol. The predicted octanol–water partition coefficient (Wildman–Crippen LogP) is 2.03. The maximum Gasteiger partial charge on any atom is 0.241 e. The summed E-state index contributed by atoms with van der Waals surface area (Å²) in [6.45, 7) is 4.04. The van der Waals surface area contributed by atoms with Gasteiger partial charge in [0.25, 0.3) is 0 Å². The third-order valence-corrected chi connectivity index (χ3v) is 3.06. The first kappa shape index (κ1) is 16.2. The molecule has 0 aliphatic rings. The normalized spacial score (nSPS) is 11.6. The molecule has 0 saturated carbocycles. The van der Waals surface area contributed by atoms with Crippen molar-refractivity contribution in [2.45, 2.75) is 26.4 Å². The highest BCUT2D eigenvalue weighted by Crippen LogP contribution is 2.13. The number of carbonyl (C=O) groups excluding carboxylic acids is 1. The molecule has 108 valence electrons.